The van der Waals surface area contributed by atoms with Gasteiger partial charge in [-0.2, -0.15) is 4.98 Å². The highest BCUT2D eigenvalue weighted by molar-refractivity contribution is 6.30. The minimum Gasteiger partial charge on any atom is -0.459 e. The van der Waals surface area contributed by atoms with Crippen LogP contribution in [0.3, 0.4) is 0 Å². The molecule has 0 radical (unpaired) electrons. The molecule has 1 heterocycles. The summed E-state index contributed by atoms with van der Waals surface area (Å²) in [5.41, 5.74) is 1.95. The number of Topliss-reactive ketones (excluding diaryl/α,β-unsaturated/α-hetero) is 1. The molecule has 0 saturated carbocycles. The fraction of sp³-hybridized carbons (Fsp3) is 0.304. The standard InChI is InChI=1S/C23H22Cl2N2O4/c1-2-30-23(29)22-26-21(27-31-22)14-17(11-15-3-7-18(24)8-4-15)13-20(28)12-16-5-9-19(25)10-6-16/h3-10,17H,2,11-14H2,1H3/t17-/m1/s1. The zero-order valence-electron chi connectivity index (χ0n) is 17.0. The summed E-state index contributed by atoms with van der Waals surface area (Å²) in [4.78, 5) is 28.7. The Kier molecular flexibility index (Phi) is 8.20. The first-order chi connectivity index (χ1) is 14.9. The Morgan fingerprint density at radius 2 is 1.58 bits per heavy atom. The molecule has 162 valence electrons. The van der Waals surface area contributed by atoms with Gasteiger partial charge in [0.25, 0.3) is 0 Å². The Balaban J connectivity index is 1.71. The Bertz CT molecular complexity index is 1020. The van der Waals surface area contributed by atoms with Gasteiger partial charge in [0.05, 0.1) is 6.61 Å². The number of halogens is 2. The maximum absolute atomic E-state index is 12.7. The fourth-order valence-electron chi connectivity index (χ4n) is 3.27. The molecule has 31 heavy (non-hydrogen) atoms. The van der Waals surface area contributed by atoms with Crippen molar-refractivity contribution in [2.45, 2.75) is 32.6 Å². The molecule has 0 aliphatic rings. The molecule has 0 spiro atoms. The van der Waals surface area contributed by atoms with Crippen LogP contribution in [0.4, 0.5) is 0 Å². The van der Waals surface area contributed by atoms with Gasteiger partial charge in [0.2, 0.25) is 0 Å². The van der Waals surface area contributed by atoms with E-state index < -0.39 is 5.97 Å². The Morgan fingerprint density at radius 1 is 0.968 bits per heavy atom. The van der Waals surface area contributed by atoms with Crippen LogP contribution in [0, 0.1) is 5.92 Å². The maximum Gasteiger partial charge on any atom is 0.397 e. The van der Waals surface area contributed by atoms with Gasteiger partial charge in [0, 0.05) is 29.3 Å². The SMILES string of the molecule is CCOC(=O)c1nc(C[C@@H](CC(=O)Cc2ccc(Cl)cc2)Cc2ccc(Cl)cc2)no1. The number of aromatic nitrogens is 2. The molecule has 3 aromatic rings. The summed E-state index contributed by atoms with van der Waals surface area (Å²) in [5, 5.41) is 5.16. The lowest BCUT2D eigenvalue weighted by molar-refractivity contribution is -0.119. The van der Waals surface area contributed by atoms with E-state index in [1.807, 2.05) is 36.4 Å². The minimum absolute atomic E-state index is 0.0754. The van der Waals surface area contributed by atoms with Crippen LogP contribution >= 0.6 is 23.2 Å². The Hall–Kier alpha value is -2.70. The number of nitrogens with zero attached hydrogens (tertiary/aromatic N) is 2. The van der Waals surface area contributed by atoms with Crippen LogP contribution in [0.5, 0.6) is 0 Å². The lowest BCUT2D eigenvalue weighted by Gasteiger charge is -2.15. The summed E-state index contributed by atoms with van der Waals surface area (Å²) >= 11 is 11.9. The molecule has 2 aromatic carbocycles. The van der Waals surface area contributed by atoms with Gasteiger partial charge < -0.3 is 9.26 Å². The zero-order chi connectivity index (χ0) is 22.2. The number of esters is 1. The van der Waals surface area contributed by atoms with Crippen molar-refractivity contribution in [3.63, 3.8) is 0 Å². The smallest absolute Gasteiger partial charge is 0.397 e. The van der Waals surface area contributed by atoms with Gasteiger partial charge in [-0.25, -0.2) is 4.79 Å². The topological polar surface area (TPSA) is 82.3 Å². The number of benzene rings is 2. The van der Waals surface area contributed by atoms with E-state index in [9.17, 15) is 9.59 Å². The van der Waals surface area contributed by atoms with Crippen LogP contribution in [0.15, 0.2) is 53.1 Å². The van der Waals surface area contributed by atoms with E-state index in [0.717, 1.165) is 11.1 Å². The van der Waals surface area contributed by atoms with E-state index in [4.69, 9.17) is 32.5 Å². The van der Waals surface area contributed by atoms with Gasteiger partial charge in [-0.3, -0.25) is 4.79 Å². The second-order valence-corrected chi connectivity index (χ2v) is 8.06. The molecule has 1 aromatic heterocycles. The fourth-order valence-corrected chi connectivity index (χ4v) is 3.52. The van der Waals surface area contributed by atoms with Crippen LogP contribution < -0.4 is 0 Å². The monoisotopic (exact) mass is 460 g/mol. The second-order valence-electron chi connectivity index (χ2n) is 7.18. The zero-order valence-corrected chi connectivity index (χ0v) is 18.5. The molecule has 0 aliphatic carbocycles. The van der Waals surface area contributed by atoms with Gasteiger partial charge in [-0.1, -0.05) is 52.6 Å². The summed E-state index contributed by atoms with van der Waals surface area (Å²) in [6, 6.07) is 14.7. The van der Waals surface area contributed by atoms with Crippen molar-refractivity contribution >= 4 is 35.0 Å². The first-order valence-electron chi connectivity index (χ1n) is 9.93. The number of carbonyl (C=O) groups excluding carboxylic acids is 2. The predicted molar refractivity (Wildman–Crippen MR) is 117 cm³/mol. The van der Waals surface area contributed by atoms with Crippen molar-refractivity contribution in [2.24, 2.45) is 5.92 Å². The van der Waals surface area contributed by atoms with Gasteiger partial charge in [-0.05, 0) is 54.7 Å². The molecule has 0 saturated heterocycles. The van der Waals surface area contributed by atoms with Crippen LogP contribution in [0.2, 0.25) is 10.0 Å². The highest BCUT2D eigenvalue weighted by Crippen LogP contribution is 2.21. The number of ketones is 1. The van der Waals surface area contributed by atoms with E-state index in [1.165, 1.54) is 0 Å². The summed E-state index contributed by atoms with van der Waals surface area (Å²) in [6.07, 6.45) is 1.66. The molecule has 0 unspecified atom stereocenters. The number of hydrogen-bond donors (Lipinski definition) is 0. The van der Waals surface area contributed by atoms with E-state index in [-0.39, 0.29) is 24.2 Å². The minimum atomic E-state index is -0.658. The summed E-state index contributed by atoms with van der Waals surface area (Å²) in [6.45, 7) is 1.92. The summed E-state index contributed by atoms with van der Waals surface area (Å²) in [5.74, 6) is -0.464. The summed E-state index contributed by atoms with van der Waals surface area (Å²) in [7, 11) is 0. The molecule has 8 heteroatoms. The number of hydrogen-bond acceptors (Lipinski definition) is 6. The van der Waals surface area contributed by atoms with Gasteiger partial charge in [-0.15, -0.1) is 0 Å². The van der Waals surface area contributed by atoms with E-state index >= 15 is 0 Å². The van der Waals surface area contributed by atoms with Crippen molar-refractivity contribution in [1.82, 2.24) is 10.1 Å². The molecule has 0 fully saturated rings. The first-order valence-corrected chi connectivity index (χ1v) is 10.7. The largest absolute Gasteiger partial charge is 0.459 e. The third-order valence-electron chi connectivity index (χ3n) is 4.66. The highest BCUT2D eigenvalue weighted by atomic mass is 35.5. The molecule has 0 bridgehead atoms. The van der Waals surface area contributed by atoms with Crippen molar-refractivity contribution in [3.05, 3.63) is 81.4 Å². The molecule has 3 rings (SSSR count). The van der Waals surface area contributed by atoms with E-state index in [1.54, 1.807) is 19.1 Å². The third kappa shape index (κ3) is 7.19. The molecular weight excluding hydrogens is 439 g/mol. The normalized spacial score (nSPS) is 11.8. The highest BCUT2D eigenvalue weighted by Gasteiger charge is 2.21. The molecule has 0 N–H and O–H groups in total. The third-order valence-corrected chi connectivity index (χ3v) is 5.16. The van der Waals surface area contributed by atoms with Crippen molar-refractivity contribution in [2.75, 3.05) is 6.61 Å². The number of rotatable bonds is 10. The Morgan fingerprint density at radius 3 is 2.19 bits per heavy atom. The average Bonchev–Trinajstić information content (AvgIpc) is 3.20. The van der Waals surface area contributed by atoms with Gasteiger partial charge in [0.15, 0.2) is 5.82 Å². The molecule has 0 amide bonds. The van der Waals surface area contributed by atoms with Crippen molar-refractivity contribution in [3.8, 4) is 0 Å². The van der Waals surface area contributed by atoms with Crippen LogP contribution in [0.25, 0.3) is 0 Å². The van der Waals surface area contributed by atoms with Gasteiger partial charge >= 0.3 is 11.9 Å². The lowest BCUT2D eigenvalue weighted by atomic mass is 9.89. The molecule has 1 atom stereocenters. The molecule has 6 nitrogen and oxygen atoms in total. The second kappa shape index (κ2) is 11.1. The summed E-state index contributed by atoms with van der Waals surface area (Å²) < 4.78 is 9.89. The number of carbonyl (C=O) groups is 2. The average molecular weight is 461 g/mol. The van der Waals surface area contributed by atoms with E-state index in [2.05, 4.69) is 10.1 Å². The predicted octanol–water partition coefficient (Wildman–Crippen LogP) is 5.16. The van der Waals surface area contributed by atoms with E-state index in [0.29, 0.717) is 41.6 Å². The molecular formula is C23H22Cl2N2O4. The first kappa shape index (κ1) is 23.0. The van der Waals surface area contributed by atoms with Crippen molar-refractivity contribution < 1.29 is 18.8 Å². The maximum atomic E-state index is 12.7. The van der Waals surface area contributed by atoms with Crippen LogP contribution in [-0.2, 0) is 28.8 Å². The van der Waals surface area contributed by atoms with Crippen LogP contribution in [-0.4, -0.2) is 28.5 Å². The van der Waals surface area contributed by atoms with Crippen LogP contribution in [0.1, 0.15) is 41.0 Å². The number of ether oxygens (including phenoxy) is 1. The Labute approximate surface area is 190 Å². The lowest BCUT2D eigenvalue weighted by Crippen LogP contribution is -2.16. The quantitative estimate of drug-likeness (QED) is 0.388. The van der Waals surface area contributed by atoms with Gasteiger partial charge in [0.1, 0.15) is 5.78 Å². The van der Waals surface area contributed by atoms with Crippen molar-refractivity contribution in [1.29, 1.82) is 0 Å². The molecule has 0 aliphatic heterocycles.